The number of nitrogens with one attached hydrogen (secondary N) is 1. The number of hydrogen-bond donors (Lipinski definition) is 1. The number of benzene rings is 2. The fraction of sp³-hybridized carbons (Fsp3) is 0.368. The molecule has 0 spiro atoms. The maximum atomic E-state index is 13.2. The summed E-state index contributed by atoms with van der Waals surface area (Å²) in [5, 5.41) is 0.434. The summed E-state index contributed by atoms with van der Waals surface area (Å²) in [6.45, 7) is 4.03. The molecule has 0 aromatic heterocycles. The third kappa shape index (κ3) is 4.62. The maximum Gasteiger partial charge on any atom is 0.265 e. The zero-order valence-electron chi connectivity index (χ0n) is 16.2. The first-order chi connectivity index (χ1) is 13.7. The van der Waals surface area contributed by atoms with Crippen LogP contribution in [-0.2, 0) is 20.0 Å². The number of rotatable bonds is 6. The van der Waals surface area contributed by atoms with Crippen molar-refractivity contribution in [3.05, 3.63) is 47.0 Å². The summed E-state index contributed by atoms with van der Waals surface area (Å²) < 4.78 is 60.5. The molecule has 0 atom stereocenters. The van der Waals surface area contributed by atoms with Crippen molar-refractivity contribution in [2.24, 2.45) is 0 Å². The Balaban J connectivity index is 2.07. The van der Waals surface area contributed by atoms with Gasteiger partial charge in [0.05, 0.1) is 23.7 Å². The van der Waals surface area contributed by atoms with Gasteiger partial charge < -0.3 is 4.74 Å². The van der Waals surface area contributed by atoms with Crippen LogP contribution in [0.4, 0.5) is 11.4 Å². The molecule has 10 heteroatoms. The first-order valence-electron chi connectivity index (χ1n) is 9.21. The van der Waals surface area contributed by atoms with E-state index in [1.54, 1.807) is 38.1 Å². The van der Waals surface area contributed by atoms with Crippen molar-refractivity contribution in [3.63, 3.8) is 0 Å². The van der Waals surface area contributed by atoms with E-state index < -0.39 is 20.0 Å². The fourth-order valence-electron chi connectivity index (χ4n) is 3.13. The van der Waals surface area contributed by atoms with E-state index in [9.17, 15) is 16.8 Å². The summed E-state index contributed by atoms with van der Waals surface area (Å²) in [5.41, 5.74) is 1.23. The monoisotopic (exact) mass is 458 g/mol. The Hall–Kier alpha value is -1.97. The second-order valence-corrected chi connectivity index (χ2v) is 10.7. The summed E-state index contributed by atoms with van der Waals surface area (Å²) in [4.78, 5) is -0.128. The van der Waals surface area contributed by atoms with E-state index in [1.165, 1.54) is 16.4 Å². The lowest BCUT2D eigenvalue weighted by Crippen LogP contribution is -2.38. The smallest absolute Gasteiger partial charge is 0.265 e. The quantitative estimate of drug-likeness (QED) is 0.711. The molecule has 1 fully saturated rings. The van der Waals surface area contributed by atoms with E-state index in [2.05, 4.69) is 4.72 Å². The Kier molecular flexibility index (Phi) is 6.30. The zero-order valence-corrected chi connectivity index (χ0v) is 18.6. The number of nitrogens with zero attached hydrogens (tertiary/aromatic N) is 1. The predicted molar refractivity (Wildman–Crippen MR) is 115 cm³/mol. The molecule has 1 aliphatic heterocycles. The second kappa shape index (κ2) is 8.41. The van der Waals surface area contributed by atoms with Crippen molar-refractivity contribution in [1.82, 2.24) is 0 Å². The van der Waals surface area contributed by atoms with Gasteiger partial charge in [0.25, 0.3) is 10.0 Å². The largest absolute Gasteiger partial charge is 0.492 e. The minimum atomic E-state index is -4.06. The highest BCUT2D eigenvalue weighted by atomic mass is 35.5. The van der Waals surface area contributed by atoms with E-state index in [-0.39, 0.29) is 23.0 Å². The molecule has 0 aliphatic carbocycles. The lowest BCUT2D eigenvalue weighted by molar-refractivity contribution is 0.331. The van der Waals surface area contributed by atoms with E-state index >= 15 is 0 Å². The lowest BCUT2D eigenvalue weighted by atomic mass is 10.2. The molecule has 1 saturated heterocycles. The highest BCUT2D eigenvalue weighted by Gasteiger charge is 2.29. The van der Waals surface area contributed by atoms with Crippen molar-refractivity contribution >= 4 is 43.0 Å². The van der Waals surface area contributed by atoms with Gasteiger partial charge in [-0.3, -0.25) is 9.03 Å². The second-order valence-electron chi connectivity index (χ2n) is 6.68. The molecular formula is C19H23ClN2O5S2. The minimum Gasteiger partial charge on any atom is -0.492 e. The van der Waals surface area contributed by atoms with Crippen LogP contribution in [-0.4, -0.2) is 35.7 Å². The SMILES string of the molecule is CCOc1ccc(N2CCCCS2(=O)=O)cc1S(=O)(=O)Nc1cccc(Cl)c1C. The molecule has 2 aromatic rings. The number of halogens is 1. The zero-order chi connectivity index (χ0) is 21.2. The average Bonchev–Trinajstić information content (AvgIpc) is 2.66. The Morgan fingerprint density at radius 2 is 1.97 bits per heavy atom. The molecule has 2 aromatic carbocycles. The van der Waals surface area contributed by atoms with Crippen LogP contribution in [0.1, 0.15) is 25.3 Å². The fourth-order valence-corrected chi connectivity index (χ4v) is 6.23. The van der Waals surface area contributed by atoms with Crippen LogP contribution in [0.2, 0.25) is 5.02 Å². The van der Waals surface area contributed by atoms with E-state index in [4.69, 9.17) is 16.3 Å². The molecule has 1 heterocycles. The van der Waals surface area contributed by atoms with Crippen LogP contribution < -0.4 is 13.8 Å². The Morgan fingerprint density at radius 3 is 2.66 bits per heavy atom. The van der Waals surface area contributed by atoms with Gasteiger partial charge in [-0.15, -0.1) is 0 Å². The van der Waals surface area contributed by atoms with Crippen LogP contribution in [0.3, 0.4) is 0 Å². The van der Waals surface area contributed by atoms with Crippen LogP contribution in [0.5, 0.6) is 5.75 Å². The maximum absolute atomic E-state index is 13.2. The van der Waals surface area contributed by atoms with Crippen molar-refractivity contribution in [2.75, 3.05) is 27.9 Å². The van der Waals surface area contributed by atoms with Gasteiger partial charge in [0.1, 0.15) is 10.6 Å². The number of ether oxygens (including phenoxy) is 1. The summed E-state index contributed by atoms with van der Waals surface area (Å²) in [6, 6.07) is 9.32. The first kappa shape index (κ1) is 21.7. The van der Waals surface area contributed by atoms with E-state index in [1.807, 2.05) is 0 Å². The van der Waals surface area contributed by atoms with Crippen LogP contribution in [0, 0.1) is 6.92 Å². The molecule has 0 amide bonds. The molecule has 3 rings (SSSR count). The summed E-state index contributed by atoms with van der Waals surface area (Å²) in [5.74, 6) is 0.195. The summed E-state index contributed by atoms with van der Waals surface area (Å²) >= 11 is 6.09. The van der Waals surface area contributed by atoms with Crippen molar-refractivity contribution < 1.29 is 21.6 Å². The molecule has 0 radical (unpaired) electrons. The standard InChI is InChI=1S/C19H23ClN2O5S2/c1-3-27-18-10-9-15(22-11-4-5-12-28(22,23)24)13-19(18)29(25,26)21-17-8-6-7-16(20)14(17)2/h6-10,13,21H,3-5,11-12H2,1-2H3. The highest BCUT2D eigenvalue weighted by Crippen LogP contribution is 2.34. The van der Waals surface area contributed by atoms with Crippen LogP contribution >= 0.6 is 11.6 Å². The normalized spacial score (nSPS) is 16.4. The Morgan fingerprint density at radius 1 is 1.21 bits per heavy atom. The van der Waals surface area contributed by atoms with Crippen molar-refractivity contribution in [2.45, 2.75) is 31.6 Å². The van der Waals surface area contributed by atoms with Gasteiger partial charge in [0.2, 0.25) is 10.0 Å². The summed E-state index contributed by atoms with van der Waals surface area (Å²) in [6.07, 6.45) is 1.31. The molecule has 0 saturated carbocycles. The Bertz CT molecular complexity index is 1120. The third-order valence-corrected chi connectivity index (χ3v) is 8.33. The molecule has 0 bridgehead atoms. The van der Waals surface area contributed by atoms with E-state index in [0.29, 0.717) is 41.3 Å². The summed E-state index contributed by atoms with van der Waals surface area (Å²) in [7, 11) is -7.53. The minimum absolute atomic E-state index is 0.0439. The highest BCUT2D eigenvalue weighted by molar-refractivity contribution is 7.93. The number of hydrogen-bond acceptors (Lipinski definition) is 5. The first-order valence-corrected chi connectivity index (χ1v) is 12.7. The molecule has 29 heavy (non-hydrogen) atoms. The number of anilines is 2. The molecule has 0 unspecified atom stereocenters. The van der Waals surface area contributed by atoms with Crippen molar-refractivity contribution in [1.29, 1.82) is 0 Å². The topological polar surface area (TPSA) is 92.8 Å². The van der Waals surface area contributed by atoms with Crippen LogP contribution in [0.25, 0.3) is 0 Å². The third-order valence-electron chi connectivity index (χ3n) is 4.67. The van der Waals surface area contributed by atoms with Gasteiger partial charge in [0, 0.05) is 11.6 Å². The van der Waals surface area contributed by atoms with Gasteiger partial charge in [-0.25, -0.2) is 16.8 Å². The molecule has 7 nitrogen and oxygen atoms in total. The van der Waals surface area contributed by atoms with Gasteiger partial charge in [-0.2, -0.15) is 0 Å². The molecule has 1 aliphatic rings. The van der Waals surface area contributed by atoms with E-state index in [0.717, 1.165) is 0 Å². The van der Waals surface area contributed by atoms with Gasteiger partial charge in [-0.1, -0.05) is 17.7 Å². The van der Waals surface area contributed by atoms with Crippen molar-refractivity contribution in [3.8, 4) is 5.75 Å². The Labute approximate surface area is 176 Å². The molecule has 1 N–H and O–H groups in total. The van der Waals surface area contributed by atoms with Gasteiger partial charge in [-0.05, 0) is 62.6 Å². The number of sulfonamides is 2. The molecular weight excluding hydrogens is 436 g/mol. The predicted octanol–water partition coefficient (Wildman–Crippen LogP) is 3.78. The van der Waals surface area contributed by atoms with Crippen LogP contribution in [0.15, 0.2) is 41.3 Å². The molecule has 158 valence electrons. The van der Waals surface area contributed by atoms with Gasteiger partial charge >= 0.3 is 0 Å². The lowest BCUT2D eigenvalue weighted by Gasteiger charge is -2.29. The average molecular weight is 459 g/mol. The van der Waals surface area contributed by atoms with Gasteiger partial charge in [0.15, 0.2) is 0 Å².